The van der Waals surface area contributed by atoms with Gasteiger partial charge in [-0.15, -0.1) is 0 Å². The number of ether oxygens (including phenoxy) is 1. The zero-order chi connectivity index (χ0) is 22.3. The minimum atomic E-state index is -0.799. The Labute approximate surface area is 182 Å². The van der Waals surface area contributed by atoms with Crippen LogP contribution >= 0.6 is 0 Å². The van der Waals surface area contributed by atoms with Crippen molar-refractivity contribution in [1.29, 1.82) is 0 Å². The van der Waals surface area contributed by atoms with Gasteiger partial charge in [-0.1, -0.05) is 65.5 Å². The average molecular weight is 423 g/mol. The van der Waals surface area contributed by atoms with Crippen LogP contribution in [0.25, 0.3) is 0 Å². The fraction of sp³-hybridized carbons (Fsp3) is 0.840. The molecule has 7 atom stereocenters. The van der Waals surface area contributed by atoms with Gasteiger partial charge < -0.3 is 14.9 Å². The van der Waals surface area contributed by atoms with E-state index in [1.54, 1.807) is 12.2 Å². The third kappa shape index (κ3) is 7.19. The Morgan fingerprint density at radius 2 is 2.00 bits per heavy atom. The number of esters is 1. The van der Waals surface area contributed by atoms with Crippen molar-refractivity contribution in [2.45, 2.75) is 104 Å². The standard InChI is InChI=1S/C25H42O5/c1-5-6-7-8-18(26)10-12-20-21(23(28)15-22(20)27)14-25(29)30-24-13-17(4)9-11-19(24)16(2)3/h10,12,16-22,24,26-27H,5-9,11,13-15H2,1-4H3/b12-10+/t17-,18+,19+,20-,21-,22-,24?/m1/s1. The highest BCUT2D eigenvalue weighted by Crippen LogP contribution is 2.37. The largest absolute Gasteiger partial charge is 0.462 e. The maximum absolute atomic E-state index is 12.7. The monoisotopic (exact) mass is 422 g/mol. The Morgan fingerprint density at radius 1 is 1.27 bits per heavy atom. The molecule has 1 unspecified atom stereocenters. The van der Waals surface area contributed by atoms with Crippen LogP contribution in [0.5, 0.6) is 0 Å². The van der Waals surface area contributed by atoms with Gasteiger partial charge in [-0.25, -0.2) is 0 Å². The second-order valence-electron chi connectivity index (χ2n) is 9.93. The number of aliphatic hydroxyl groups is 2. The SMILES string of the molecule is CCCCC[C@H](O)/C=C/[C@H]1[C@H](O)CC(=O)[C@@H]1CC(=O)OC1C[C@H](C)CC[C@H]1C(C)C. The quantitative estimate of drug-likeness (QED) is 0.309. The second-order valence-corrected chi connectivity index (χ2v) is 9.93. The van der Waals surface area contributed by atoms with Gasteiger partial charge in [0.1, 0.15) is 11.9 Å². The molecule has 0 aliphatic heterocycles. The molecule has 2 rings (SSSR count). The summed E-state index contributed by atoms with van der Waals surface area (Å²) in [5, 5.41) is 20.5. The Morgan fingerprint density at radius 3 is 2.67 bits per heavy atom. The molecule has 0 saturated heterocycles. The average Bonchev–Trinajstić information content (AvgIpc) is 2.92. The smallest absolute Gasteiger partial charge is 0.306 e. The summed E-state index contributed by atoms with van der Waals surface area (Å²) < 4.78 is 5.87. The molecule has 2 saturated carbocycles. The van der Waals surface area contributed by atoms with Gasteiger partial charge in [-0.3, -0.25) is 9.59 Å². The molecule has 0 bridgehead atoms. The molecule has 0 amide bonds. The first kappa shape index (κ1) is 25.1. The fourth-order valence-electron chi connectivity index (χ4n) is 5.09. The molecule has 2 fully saturated rings. The van der Waals surface area contributed by atoms with E-state index < -0.39 is 24.0 Å². The number of hydrogen-bond donors (Lipinski definition) is 2. The molecule has 30 heavy (non-hydrogen) atoms. The fourth-order valence-corrected chi connectivity index (χ4v) is 5.09. The molecular weight excluding hydrogens is 380 g/mol. The van der Waals surface area contributed by atoms with Crippen molar-refractivity contribution < 1.29 is 24.5 Å². The molecule has 0 radical (unpaired) electrons. The van der Waals surface area contributed by atoms with Crippen LogP contribution in [0, 0.1) is 29.6 Å². The Balaban J connectivity index is 1.96. The van der Waals surface area contributed by atoms with Crippen molar-refractivity contribution in [2.75, 3.05) is 0 Å². The van der Waals surface area contributed by atoms with E-state index in [4.69, 9.17) is 4.74 Å². The highest BCUT2D eigenvalue weighted by atomic mass is 16.5. The zero-order valence-electron chi connectivity index (χ0n) is 19.3. The predicted molar refractivity (Wildman–Crippen MR) is 118 cm³/mol. The lowest BCUT2D eigenvalue weighted by Gasteiger charge is -2.36. The number of carbonyl (C=O) groups is 2. The lowest BCUT2D eigenvalue weighted by molar-refractivity contribution is -0.158. The van der Waals surface area contributed by atoms with Crippen LogP contribution in [0.15, 0.2) is 12.2 Å². The summed E-state index contributed by atoms with van der Waals surface area (Å²) in [4.78, 5) is 25.2. The van der Waals surface area contributed by atoms with Gasteiger partial charge in [0.05, 0.1) is 18.6 Å². The van der Waals surface area contributed by atoms with Crippen LogP contribution in [0.4, 0.5) is 0 Å². The lowest BCUT2D eigenvalue weighted by Crippen LogP contribution is -2.36. The molecule has 5 nitrogen and oxygen atoms in total. The topological polar surface area (TPSA) is 83.8 Å². The van der Waals surface area contributed by atoms with Crippen molar-refractivity contribution in [3.8, 4) is 0 Å². The number of unbranched alkanes of at least 4 members (excludes halogenated alkanes) is 2. The van der Waals surface area contributed by atoms with Crippen molar-refractivity contribution in [1.82, 2.24) is 0 Å². The minimum absolute atomic E-state index is 0.00647. The van der Waals surface area contributed by atoms with E-state index in [1.165, 1.54) is 0 Å². The first-order valence-electron chi connectivity index (χ1n) is 12.0. The van der Waals surface area contributed by atoms with E-state index in [0.717, 1.165) is 38.5 Å². The molecule has 2 aliphatic carbocycles. The van der Waals surface area contributed by atoms with E-state index in [-0.39, 0.29) is 30.7 Å². The molecule has 2 N–H and O–H groups in total. The highest BCUT2D eigenvalue weighted by molar-refractivity contribution is 5.88. The predicted octanol–water partition coefficient (Wildman–Crippen LogP) is 4.44. The van der Waals surface area contributed by atoms with Crippen LogP contribution < -0.4 is 0 Å². The summed E-state index contributed by atoms with van der Waals surface area (Å²) in [7, 11) is 0. The van der Waals surface area contributed by atoms with Crippen LogP contribution in [0.1, 0.15) is 85.5 Å². The number of ketones is 1. The minimum Gasteiger partial charge on any atom is -0.462 e. The van der Waals surface area contributed by atoms with Crippen LogP contribution in [-0.2, 0) is 14.3 Å². The molecule has 2 aliphatic rings. The number of aliphatic hydroxyl groups excluding tert-OH is 2. The second kappa shape index (κ2) is 12.0. The Hall–Kier alpha value is -1.20. The first-order valence-corrected chi connectivity index (χ1v) is 12.0. The van der Waals surface area contributed by atoms with Gasteiger partial charge in [-0.2, -0.15) is 0 Å². The van der Waals surface area contributed by atoms with Crippen molar-refractivity contribution in [2.24, 2.45) is 29.6 Å². The van der Waals surface area contributed by atoms with E-state index in [9.17, 15) is 19.8 Å². The molecule has 0 aromatic carbocycles. The summed E-state index contributed by atoms with van der Waals surface area (Å²) in [5.74, 6) is -0.0695. The number of carbonyl (C=O) groups excluding carboxylic acids is 2. The van der Waals surface area contributed by atoms with Crippen LogP contribution in [-0.4, -0.2) is 40.3 Å². The molecule has 172 valence electrons. The molecule has 0 heterocycles. The van der Waals surface area contributed by atoms with Gasteiger partial charge in [0.15, 0.2) is 0 Å². The van der Waals surface area contributed by atoms with Crippen LogP contribution in [0.2, 0.25) is 0 Å². The van der Waals surface area contributed by atoms with Gasteiger partial charge >= 0.3 is 5.97 Å². The first-order chi connectivity index (χ1) is 14.2. The number of rotatable bonds is 10. The third-order valence-electron chi connectivity index (χ3n) is 7.02. The number of hydrogen-bond acceptors (Lipinski definition) is 5. The van der Waals surface area contributed by atoms with E-state index in [0.29, 0.717) is 24.2 Å². The normalized spacial score (nSPS) is 33.4. The Bertz CT molecular complexity index is 584. The van der Waals surface area contributed by atoms with Crippen LogP contribution in [0.3, 0.4) is 0 Å². The third-order valence-corrected chi connectivity index (χ3v) is 7.02. The van der Waals surface area contributed by atoms with E-state index >= 15 is 0 Å². The van der Waals surface area contributed by atoms with Crippen molar-refractivity contribution in [3.05, 3.63) is 12.2 Å². The van der Waals surface area contributed by atoms with Gasteiger partial charge in [0.25, 0.3) is 0 Å². The summed E-state index contributed by atoms with van der Waals surface area (Å²) in [6.45, 7) is 8.65. The number of Topliss-reactive ketones (excluding diaryl/α,β-unsaturated/α-hetero) is 1. The lowest BCUT2D eigenvalue weighted by atomic mass is 9.75. The highest BCUT2D eigenvalue weighted by Gasteiger charge is 2.42. The van der Waals surface area contributed by atoms with Gasteiger partial charge in [0.2, 0.25) is 0 Å². The van der Waals surface area contributed by atoms with Crippen molar-refractivity contribution in [3.63, 3.8) is 0 Å². The zero-order valence-corrected chi connectivity index (χ0v) is 19.3. The van der Waals surface area contributed by atoms with E-state index in [1.807, 2.05) is 0 Å². The molecule has 0 aromatic rings. The molecule has 5 heteroatoms. The van der Waals surface area contributed by atoms with E-state index in [2.05, 4.69) is 27.7 Å². The summed E-state index contributed by atoms with van der Waals surface area (Å²) in [6.07, 6.45) is 8.91. The summed E-state index contributed by atoms with van der Waals surface area (Å²) in [6, 6.07) is 0. The van der Waals surface area contributed by atoms with Gasteiger partial charge in [0, 0.05) is 18.3 Å². The van der Waals surface area contributed by atoms with Crippen molar-refractivity contribution >= 4 is 11.8 Å². The molecule has 0 aromatic heterocycles. The maximum atomic E-state index is 12.7. The van der Waals surface area contributed by atoms with Gasteiger partial charge in [-0.05, 0) is 37.0 Å². The molecular formula is C25H42O5. The summed E-state index contributed by atoms with van der Waals surface area (Å²) in [5.41, 5.74) is 0. The summed E-state index contributed by atoms with van der Waals surface area (Å²) >= 11 is 0. The Kier molecular flexibility index (Phi) is 10.0. The molecule has 0 spiro atoms. The maximum Gasteiger partial charge on any atom is 0.306 e.